The number of halogens is 1. The molecule has 22 heavy (non-hydrogen) atoms. The molecule has 1 aromatic carbocycles. The molecule has 1 aromatic heterocycles. The molecule has 0 atom stereocenters. The minimum Gasteiger partial charge on any atom is -0.496 e. The van der Waals surface area contributed by atoms with Crippen LogP contribution in [0.5, 0.6) is 5.75 Å². The van der Waals surface area contributed by atoms with Gasteiger partial charge in [-0.05, 0) is 18.2 Å². The van der Waals surface area contributed by atoms with Crippen LogP contribution >= 0.6 is 15.9 Å². The number of rotatable bonds is 5. The number of hydrogen-bond acceptors (Lipinski definition) is 4. The minimum atomic E-state index is 0.610. The fourth-order valence-corrected chi connectivity index (χ4v) is 2.49. The van der Waals surface area contributed by atoms with Crippen LogP contribution in [0.1, 0.15) is 11.3 Å². The van der Waals surface area contributed by atoms with Crippen molar-refractivity contribution in [1.29, 1.82) is 0 Å². The van der Waals surface area contributed by atoms with E-state index in [0.717, 1.165) is 27.4 Å². The molecule has 0 amide bonds. The third kappa shape index (κ3) is 4.24. The minimum absolute atomic E-state index is 0.610. The first kappa shape index (κ1) is 16.4. The first-order valence-corrected chi connectivity index (χ1v) is 7.56. The Morgan fingerprint density at radius 2 is 2.27 bits per heavy atom. The molecule has 2 rings (SSSR count). The molecule has 7 heteroatoms. The number of hydrogen-bond donors (Lipinski definition) is 1. The summed E-state index contributed by atoms with van der Waals surface area (Å²) in [6.07, 6.45) is 1.56. The molecule has 1 N–H and O–H groups in total. The normalized spacial score (nSPS) is 11.4. The van der Waals surface area contributed by atoms with Crippen LogP contribution in [0.15, 0.2) is 44.5 Å². The number of nitrogens with one attached hydrogen (secondary N) is 1. The summed E-state index contributed by atoms with van der Waals surface area (Å²) in [6, 6.07) is 7.74. The lowest BCUT2D eigenvalue weighted by Crippen LogP contribution is -2.38. The Labute approximate surface area is 138 Å². The number of guanidine groups is 1. The average molecular weight is 367 g/mol. The number of aromatic nitrogens is 1. The second-order valence-electron chi connectivity index (χ2n) is 4.70. The summed E-state index contributed by atoms with van der Waals surface area (Å²) in [5.74, 6) is 1.61. The molecular formula is C15H19BrN4O2. The zero-order chi connectivity index (χ0) is 15.9. The van der Waals surface area contributed by atoms with Crippen molar-refractivity contribution in [3.63, 3.8) is 0 Å². The molecule has 118 valence electrons. The molecule has 6 nitrogen and oxygen atoms in total. The summed E-state index contributed by atoms with van der Waals surface area (Å²) < 4.78 is 11.2. The Morgan fingerprint density at radius 3 is 2.91 bits per heavy atom. The highest BCUT2D eigenvalue weighted by Gasteiger charge is 2.10. The van der Waals surface area contributed by atoms with Gasteiger partial charge in [0.2, 0.25) is 0 Å². The van der Waals surface area contributed by atoms with Gasteiger partial charge in [-0.1, -0.05) is 21.1 Å². The van der Waals surface area contributed by atoms with Crippen molar-refractivity contribution in [2.45, 2.75) is 13.1 Å². The maximum atomic E-state index is 5.38. The maximum Gasteiger partial charge on any atom is 0.194 e. The highest BCUT2D eigenvalue weighted by Crippen LogP contribution is 2.22. The van der Waals surface area contributed by atoms with Crippen molar-refractivity contribution in [2.24, 2.45) is 4.99 Å². The fourth-order valence-electron chi connectivity index (χ4n) is 2.08. The van der Waals surface area contributed by atoms with Gasteiger partial charge >= 0.3 is 0 Å². The maximum absolute atomic E-state index is 5.38. The van der Waals surface area contributed by atoms with Crippen molar-refractivity contribution >= 4 is 21.9 Å². The van der Waals surface area contributed by atoms with E-state index in [1.807, 2.05) is 36.2 Å². The second-order valence-corrected chi connectivity index (χ2v) is 5.62. The molecule has 0 radical (unpaired) electrons. The first-order chi connectivity index (χ1) is 10.6. The largest absolute Gasteiger partial charge is 0.496 e. The Kier molecular flexibility index (Phi) is 5.83. The lowest BCUT2D eigenvalue weighted by molar-refractivity contribution is 0.390. The molecule has 0 bridgehead atoms. The number of benzene rings is 1. The molecule has 0 unspecified atom stereocenters. The summed E-state index contributed by atoms with van der Waals surface area (Å²) in [4.78, 5) is 6.26. The van der Waals surface area contributed by atoms with Gasteiger partial charge in [0, 0.05) is 36.7 Å². The molecule has 0 aliphatic heterocycles. The summed E-state index contributed by atoms with van der Waals surface area (Å²) >= 11 is 3.48. The van der Waals surface area contributed by atoms with Gasteiger partial charge in [0.05, 0.1) is 13.7 Å². The number of nitrogens with zero attached hydrogens (tertiary/aromatic N) is 3. The lowest BCUT2D eigenvalue weighted by Gasteiger charge is -2.21. The Balaban J connectivity index is 2.00. The van der Waals surface area contributed by atoms with Crippen molar-refractivity contribution < 1.29 is 9.26 Å². The lowest BCUT2D eigenvalue weighted by atomic mass is 10.2. The molecule has 2 aromatic rings. The van der Waals surface area contributed by atoms with Crippen LogP contribution in [0, 0.1) is 0 Å². The molecule has 0 spiro atoms. The topological polar surface area (TPSA) is 62.9 Å². The van der Waals surface area contributed by atoms with Crippen LogP contribution < -0.4 is 10.1 Å². The number of ether oxygens (including phenoxy) is 1. The second kappa shape index (κ2) is 7.84. The number of methoxy groups -OCH3 is 1. The molecule has 0 fully saturated rings. The SMILES string of the molecule is CN=C(NCc1cc(Br)ccc1OC)N(C)Cc1ccon1. The van der Waals surface area contributed by atoms with Crippen molar-refractivity contribution in [2.75, 3.05) is 21.2 Å². The van der Waals surface area contributed by atoms with E-state index in [-0.39, 0.29) is 0 Å². The van der Waals surface area contributed by atoms with Gasteiger partial charge in [-0.15, -0.1) is 0 Å². The third-order valence-electron chi connectivity index (χ3n) is 3.14. The number of aliphatic imine (C=N–C) groups is 1. The predicted molar refractivity (Wildman–Crippen MR) is 88.9 cm³/mol. The van der Waals surface area contributed by atoms with Gasteiger partial charge in [0.15, 0.2) is 5.96 Å². The predicted octanol–water partition coefficient (Wildman–Crippen LogP) is 2.65. The van der Waals surface area contributed by atoms with E-state index in [1.165, 1.54) is 0 Å². The summed E-state index contributed by atoms with van der Waals surface area (Å²) in [5.41, 5.74) is 1.90. The van der Waals surface area contributed by atoms with Crippen LogP contribution in [-0.4, -0.2) is 37.2 Å². The van der Waals surface area contributed by atoms with Crippen LogP contribution in [0.25, 0.3) is 0 Å². The van der Waals surface area contributed by atoms with Crippen molar-refractivity contribution in [1.82, 2.24) is 15.4 Å². The van der Waals surface area contributed by atoms with Gasteiger partial charge in [-0.3, -0.25) is 4.99 Å². The van der Waals surface area contributed by atoms with Gasteiger partial charge in [-0.2, -0.15) is 0 Å². The highest BCUT2D eigenvalue weighted by molar-refractivity contribution is 9.10. The molecular weight excluding hydrogens is 348 g/mol. The van der Waals surface area contributed by atoms with E-state index in [4.69, 9.17) is 9.26 Å². The molecule has 0 aliphatic carbocycles. The molecule has 0 aliphatic rings. The molecule has 1 heterocycles. The smallest absolute Gasteiger partial charge is 0.194 e. The zero-order valence-electron chi connectivity index (χ0n) is 12.8. The monoisotopic (exact) mass is 366 g/mol. The zero-order valence-corrected chi connectivity index (χ0v) is 14.4. The van der Waals surface area contributed by atoms with E-state index in [2.05, 4.69) is 31.4 Å². The molecule has 0 saturated carbocycles. The average Bonchev–Trinajstić information content (AvgIpc) is 3.01. The van der Waals surface area contributed by atoms with Gasteiger partial charge in [-0.25, -0.2) is 0 Å². The fraction of sp³-hybridized carbons (Fsp3) is 0.333. The van der Waals surface area contributed by atoms with Gasteiger partial charge in [0.25, 0.3) is 0 Å². The van der Waals surface area contributed by atoms with Crippen LogP contribution in [-0.2, 0) is 13.1 Å². The van der Waals surface area contributed by atoms with E-state index in [1.54, 1.807) is 20.4 Å². The summed E-state index contributed by atoms with van der Waals surface area (Å²) in [5, 5.41) is 7.22. The Hall–Kier alpha value is -2.02. The quantitative estimate of drug-likeness (QED) is 0.650. The third-order valence-corrected chi connectivity index (χ3v) is 3.64. The molecule has 0 saturated heterocycles. The first-order valence-electron chi connectivity index (χ1n) is 6.77. The Morgan fingerprint density at radius 1 is 1.45 bits per heavy atom. The van der Waals surface area contributed by atoms with E-state index >= 15 is 0 Å². The van der Waals surface area contributed by atoms with E-state index in [9.17, 15) is 0 Å². The van der Waals surface area contributed by atoms with E-state index < -0.39 is 0 Å². The summed E-state index contributed by atoms with van der Waals surface area (Å²) in [6.45, 7) is 1.23. The van der Waals surface area contributed by atoms with Crippen LogP contribution in [0.3, 0.4) is 0 Å². The standard InChI is InChI=1S/C15H19BrN4O2/c1-17-15(20(2)10-13-6-7-22-19-13)18-9-11-8-12(16)4-5-14(11)21-3/h4-8H,9-10H2,1-3H3,(H,17,18). The van der Waals surface area contributed by atoms with E-state index in [0.29, 0.717) is 13.1 Å². The summed E-state index contributed by atoms with van der Waals surface area (Å²) in [7, 11) is 5.36. The van der Waals surface area contributed by atoms with Crippen molar-refractivity contribution in [3.05, 3.63) is 46.3 Å². The Bertz CT molecular complexity index is 628. The van der Waals surface area contributed by atoms with Crippen LogP contribution in [0.4, 0.5) is 0 Å². The van der Waals surface area contributed by atoms with Crippen LogP contribution in [0.2, 0.25) is 0 Å². The van der Waals surface area contributed by atoms with Gasteiger partial charge < -0.3 is 19.5 Å². The highest BCUT2D eigenvalue weighted by atomic mass is 79.9. The van der Waals surface area contributed by atoms with Crippen molar-refractivity contribution in [3.8, 4) is 5.75 Å². The van der Waals surface area contributed by atoms with Gasteiger partial charge in [0.1, 0.15) is 17.7 Å².